The largest absolute Gasteiger partial charge is 0.369 e. The minimum absolute atomic E-state index is 0.0194. The Balaban J connectivity index is 2.00. The van der Waals surface area contributed by atoms with Crippen molar-refractivity contribution in [3.8, 4) is 0 Å². The highest BCUT2D eigenvalue weighted by atomic mass is 32.1. The topological polar surface area (TPSA) is 80.0 Å². The molecule has 92 valence electrons. The molecule has 0 aliphatic carbocycles. The van der Waals surface area contributed by atoms with Crippen LogP contribution in [0.25, 0.3) is 0 Å². The van der Waals surface area contributed by atoms with Crippen LogP contribution in [0.1, 0.15) is 24.1 Å². The lowest BCUT2D eigenvalue weighted by atomic mass is 10.1. The summed E-state index contributed by atoms with van der Waals surface area (Å²) in [5.74, 6) is -0.0194. The molecule has 0 atom stereocenters. The first-order chi connectivity index (χ1) is 8.25. The summed E-state index contributed by atoms with van der Waals surface area (Å²) in [5, 5.41) is 8.68. The summed E-state index contributed by atoms with van der Waals surface area (Å²) in [6.07, 6.45) is 5.60. The molecule has 0 saturated carbocycles. The smallest absolute Gasteiger partial charge is 0.211 e. The fourth-order valence-corrected chi connectivity index (χ4v) is 2.77. The summed E-state index contributed by atoms with van der Waals surface area (Å²) in [4.78, 5) is 3.49. The van der Waals surface area contributed by atoms with E-state index in [4.69, 9.17) is 11.5 Å². The number of rotatable bonds is 3. The number of nitrogens with two attached hydrogens (primary N) is 2. The third kappa shape index (κ3) is 3.45. The van der Waals surface area contributed by atoms with Crippen LogP contribution in [-0.2, 0) is 0 Å². The summed E-state index contributed by atoms with van der Waals surface area (Å²) in [5.41, 5.74) is 10.4. The fraction of sp³-hybridized carbons (Fsp3) is 0.455. The molecule has 1 aliphatic heterocycles. The molecule has 0 aromatic carbocycles. The maximum atomic E-state index is 5.19. The zero-order chi connectivity index (χ0) is 12.1. The molecule has 4 N–H and O–H groups in total. The standard InChI is InChI=1S/C11H17N5S/c12-11(13)15-14-8-9-4-5-10(17-9)16-6-2-1-3-7-16/h4-5,8H,1-3,6-7H2,(H4,12,13,15). The summed E-state index contributed by atoms with van der Waals surface area (Å²) in [7, 11) is 0. The van der Waals surface area contributed by atoms with E-state index in [1.807, 2.05) is 6.07 Å². The molecule has 2 rings (SSSR count). The van der Waals surface area contributed by atoms with Gasteiger partial charge in [0.05, 0.1) is 11.2 Å². The Morgan fingerprint density at radius 2 is 2.00 bits per heavy atom. The highest BCUT2D eigenvalue weighted by molar-refractivity contribution is 7.17. The van der Waals surface area contributed by atoms with Crippen LogP contribution in [0.3, 0.4) is 0 Å². The van der Waals surface area contributed by atoms with Crippen molar-refractivity contribution >= 4 is 28.5 Å². The monoisotopic (exact) mass is 251 g/mol. The average Bonchev–Trinajstić information content (AvgIpc) is 2.78. The number of nitrogens with zero attached hydrogens (tertiary/aromatic N) is 3. The molecule has 1 aromatic rings. The Morgan fingerprint density at radius 3 is 2.71 bits per heavy atom. The average molecular weight is 251 g/mol. The second kappa shape index (κ2) is 5.67. The van der Waals surface area contributed by atoms with Crippen molar-refractivity contribution in [2.45, 2.75) is 19.3 Å². The van der Waals surface area contributed by atoms with Crippen LogP contribution in [0.4, 0.5) is 5.00 Å². The van der Waals surface area contributed by atoms with Gasteiger partial charge in [-0.2, -0.15) is 5.10 Å². The van der Waals surface area contributed by atoms with E-state index in [9.17, 15) is 0 Å². The van der Waals surface area contributed by atoms with E-state index in [2.05, 4.69) is 21.2 Å². The van der Waals surface area contributed by atoms with E-state index in [-0.39, 0.29) is 5.96 Å². The van der Waals surface area contributed by atoms with Crippen molar-refractivity contribution in [3.63, 3.8) is 0 Å². The quantitative estimate of drug-likeness (QED) is 0.483. The third-order valence-electron chi connectivity index (χ3n) is 2.64. The molecule has 0 bridgehead atoms. The molecule has 2 heterocycles. The van der Waals surface area contributed by atoms with Crippen molar-refractivity contribution in [2.75, 3.05) is 18.0 Å². The molecular weight excluding hydrogens is 234 g/mol. The lowest BCUT2D eigenvalue weighted by Gasteiger charge is -2.27. The van der Waals surface area contributed by atoms with Gasteiger partial charge in [-0.1, -0.05) is 0 Å². The summed E-state index contributed by atoms with van der Waals surface area (Å²) in [6, 6.07) is 4.17. The normalized spacial score (nSPS) is 16.4. The van der Waals surface area contributed by atoms with Crippen molar-refractivity contribution < 1.29 is 0 Å². The molecule has 0 spiro atoms. The van der Waals surface area contributed by atoms with E-state index >= 15 is 0 Å². The van der Waals surface area contributed by atoms with Gasteiger partial charge in [-0.25, -0.2) is 0 Å². The summed E-state index contributed by atoms with van der Waals surface area (Å²) < 4.78 is 0. The molecule has 1 fully saturated rings. The maximum Gasteiger partial charge on any atom is 0.211 e. The Hall–Kier alpha value is -1.56. The predicted octanol–water partition coefficient (Wildman–Crippen LogP) is 1.35. The number of piperidine rings is 1. The molecular formula is C11H17N5S. The van der Waals surface area contributed by atoms with Crippen LogP contribution in [0.15, 0.2) is 22.3 Å². The highest BCUT2D eigenvalue weighted by Gasteiger charge is 2.12. The zero-order valence-corrected chi connectivity index (χ0v) is 10.5. The Morgan fingerprint density at radius 1 is 1.24 bits per heavy atom. The molecule has 1 saturated heterocycles. The molecule has 0 unspecified atom stereocenters. The van der Waals surface area contributed by atoms with Crippen molar-refractivity contribution in [3.05, 3.63) is 17.0 Å². The minimum atomic E-state index is -0.0194. The first-order valence-electron chi connectivity index (χ1n) is 5.72. The molecule has 0 amide bonds. The molecule has 17 heavy (non-hydrogen) atoms. The number of thiophene rings is 1. The van der Waals surface area contributed by atoms with Gasteiger partial charge in [0.1, 0.15) is 0 Å². The van der Waals surface area contributed by atoms with E-state index in [1.165, 1.54) is 24.3 Å². The van der Waals surface area contributed by atoms with Crippen molar-refractivity contribution in [1.82, 2.24) is 0 Å². The predicted molar refractivity (Wildman–Crippen MR) is 73.8 cm³/mol. The Labute approximate surface area is 105 Å². The molecule has 6 heteroatoms. The van der Waals surface area contributed by atoms with Gasteiger partial charge in [0.2, 0.25) is 5.96 Å². The van der Waals surface area contributed by atoms with Gasteiger partial charge in [-0.05, 0) is 31.4 Å². The zero-order valence-electron chi connectivity index (χ0n) is 9.67. The fourth-order valence-electron chi connectivity index (χ4n) is 1.85. The van der Waals surface area contributed by atoms with Gasteiger partial charge in [-0.15, -0.1) is 16.4 Å². The van der Waals surface area contributed by atoms with Crippen LogP contribution >= 0.6 is 11.3 Å². The van der Waals surface area contributed by atoms with Crippen LogP contribution in [0, 0.1) is 0 Å². The second-order valence-corrected chi connectivity index (χ2v) is 5.09. The minimum Gasteiger partial charge on any atom is -0.369 e. The van der Waals surface area contributed by atoms with Gasteiger partial charge < -0.3 is 16.4 Å². The van der Waals surface area contributed by atoms with E-state index < -0.39 is 0 Å². The van der Waals surface area contributed by atoms with Crippen LogP contribution in [0.2, 0.25) is 0 Å². The van der Waals surface area contributed by atoms with Crippen molar-refractivity contribution in [2.24, 2.45) is 21.7 Å². The van der Waals surface area contributed by atoms with Crippen LogP contribution < -0.4 is 16.4 Å². The van der Waals surface area contributed by atoms with Gasteiger partial charge in [0.15, 0.2) is 0 Å². The maximum absolute atomic E-state index is 5.19. The van der Waals surface area contributed by atoms with E-state index in [0.29, 0.717) is 0 Å². The van der Waals surface area contributed by atoms with E-state index in [0.717, 1.165) is 18.0 Å². The number of anilines is 1. The molecule has 5 nitrogen and oxygen atoms in total. The van der Waals surface area contributed by atoms with Crippen molar-refractivity contribution in [1.29, 1.82) is 0 Å². The number of guanidine groups is 1. The third-order valence-corrected chi connectivity index (χ3v) is 3.72. The highest BCUT2D eigenvalue weighted by Crippen LogP contribution is 2.27. The number of hydrogen-bond donors (Lipinski definition) is 2. The Bertz CT molecular complexity index is 413. The first kappa shape index (κ1) is 11.9. The van der Waals surface area contributed by atoms with Gasteiger partial charge in [-0.3, -0.25) is 0 Å². The lowest BCUT2D eigenvalue weighted by molar-refractivity contribution is 0.580. The summed E-state index contributed by atoms with van der Waals surface area (Å²) >= 11 is 1.72. The van der Waals surface area contributed by atoms with Gasteiger partial charge >= 0.3 is 0 Å². The Kier molecular flexibility index (Phi) is 3.98. The summed E-state index contributed by atoms with van der Waals surface area (Å²) in [6.45, 7) is 2.32. The SMILES string of the molecule is NC(N)=NN=Cc1ccc(N2CCCCC2)s1. The molecule has 0 radical (unpaired) electrons. The van der Waals surface area contributed by atoms with Gasteiger partial charge in [0.25, 0.3) is 0 Å². The first-order valence-corrected chi connectivity index (χ1v) is 6.54. The van der Waals surface area contributed by atoms with Crippen LogP contribution in [-0.4, -0.2) is 25.3 Å². The lowest BCUT2D eigenvalue weighted by Crippen LogP contribution is -2.28. The van der Waals surface area contributed by atoms with Gasteiger partial charge in [0, 0.05) is 18.0 Å². The molecule has 1 aliphatic rings. The second-order valence-electron chi connectivity index (χ2n) is 3.99. The molecule has 1 aromatic heterocycles. The van der Waals surface area contributed by atoms with E-state index in [1.54, 1.807) is 17.6 Å². The van der Waals surface area contributed by atoms with Crippen LogP contribution in [0.5, 0.6) is 0 Å². The number of hydrogen-bond acceptors (Lipinski definition) is 4.